The molecule has 0 aliphatic rings. The van der Waals surface area contributed by atoms with E-state index in [1.54, 1.807) is 53.7 Å². The summed E-state index contributed by atoms with van der Waals surface area (Å²) in [6, 6.07) is 7.20. The number of para-hydroxylation sites is 2. The van der Waals surface area contributed by atoms with Crippen molar-refractivity contribution < 1.29 is 9.59 Å². The highest BCUT2D eigenvalue weighted by Crippen LogP contribution is 2.21. The second-order valence-corrected chi connectivity index (χ2v) is 8.68. The molecule has 0 heterocycles. The Labute approximate surface area is 165 Å². The maximum absolute atomic E-state index is 12.0. The smallest absolute Gasteiger partial charge is 0.231 e. The SMILES string of the molecule is CC(C)(C)C(=O)NC(=S)Nc1ccccc1NC(=S)NC(=O)C(C)(C)C. The molecule has 0 radical (unpaired) electrons. The van der Waals surface area contributed by atoms with Gasteiger partial charge in [0.05, 0.1) is 11.4 Å². The zero-order chi connectivity index (χ0) is 20.1. The highest BCUT2D eigenvalue weighted by molar-refractivity contribution is 7.80. The molecule has 142 valence electrons. The largest absolute Gasteiger partial charge is 0.331 e. The van der Waals surface area contributed by atoms with Crippen molar-refractivity contribution in [2.24, 2.45) is 10.8 Å². The van der Waals surface area contributed by atoms with Crippen LogP contribution in [0.3, 0.4) is 0 Å². The van der Waals surface area contributed by atoms with Gasteiger partial charge in [-0.15, -0.1) is 0 Å². The van der Waals surface area contributed by atoms with Gasteiger partial charge >= 0.3 is 0 Å². The first-order chi connectivity index (χ1) is 11.8. The molecule has 8 heteroatoms. The van der Waals surface area contributed by atoms with E-state index >= 15 is 0 Å². The van der Waals surface area contributed by atoms with Gasteiger partial charge in [-0.3, -0.25) is 9.59 Å². The second kappa shape index (κ2) is 8.55. The van der Waals surface area contributed by atoms with Crippen molar-refractivity contribution in [2.45, 2.75) is 41.5 Å². The predicted molar refractivity (Wildman–Crippen MR) is 114 cm³/mol. The lowest BCUT2D eigenvalue weighted by atomic mass is 9.96. The fraction of sp³-hybridized carbons (Fsp3) is 0.444. The van der Waals surface area contributed by atoms with Gasteiger partial charge in [0, 0.05) is 10.8 Å². The van der Waals surface area contributed by atoms with Crippen LogP contribution in [-0.4, -0.2) is 22.0 Å². The second-order valence-electron chi connectivity index (χ2n) is 7.86. The highest BCUT2D eigenvalue weighted by Gasteiger charge is 2.23. The zero-order valence-corrected chi connectivity index (χ0v) is 17.6. The van der Waals surface area contributed by atoms with Crippen LogP contribution in [0.5, 0.6) is 0 Å². The lowest BCUT2D eigenvalue weighted by molar-refractivity contribution is -0.127. The number of carbonyl (C=O) groups excluding carboxylic acids is 2. The van der Waals surface area contributed by atoms with Crippen LogP contribution in [0.4, 0.5) is 11.4 Å². The minimum Gasteiger partial charge on any atom is -0.331 e. The Bertz CT molecular complexity index is 658. The Kier molecular flexibility index (Phi) is 7.23. The van der Waals surface area contributed by atoms with Crippen molar-refractivity contribution >= 4 is 57.8 Å². The standard InChI is InChI=1S/C18H26N4O2S2/c1-17(2,3)13(23)21-15(25)19-11-9-7-8-10-12(11)20-16(26)22-14(24)18(4,5)6/h7-10H,1-6H3,(H2,19,21,23,25)(H2,20,22,24,26). The Hall–Kier alpha value is -2.06. The quantitative estimate of drug-likeness (QED) is 0.576. The van der Waals surface area contributed by atoms with Crippen LogP contribution < -0.4 is 21.3 Å². The zero-order valence-electron chi connectivity index (χ0n) is 15.9. The van der Waals surface area contributed by atoms with Crippen LogP contribution >= 0.6 is 24.4 Å². The van der Waals surface area contributed by atoms with Gasteiger partial charge in [0.1, 0.15) is 0 Å². The summed E-state index contributed by atoms with van der Waals surface area (Å²) >= 11 is 10.4. The summed E-state index contributed by atoms with van der Waals surface area (Å²) in [6.45, 7) is 10.8. The van der Waals surface area contributed by atoms with Crippen LogP contribution in [0.15, 0.2) is 24.3 Å². The summed E-state index contributed by atoms with van der Waals surface area (Å²) in [5.41, 5.74) is 0.142. The van der Waals surface area contributed by atoms with E-state index in [4.69, 9.17) is 24.4 Å². The van der Waals surface area contributed by atoms with Crippen molar-refractivity contribution in [1.82, 2.24) is 10.6 Å². The summed E-state index contributed by atoms with van der Waals surface area (Å²) in [5.74, 6) is -0.373. The maximum atomic E-state index is 12.0. The van der Waals surface area contributed by atoms with Crippen molar-refractivity contribution in [1.29, 1.82) is 0 Å². The van der Waals surface area contributed by atoms with Crippen LogP contribution in [-0.2, 0) is 9.59 Å². The Morgan fingerprint density at radius 2 is 1.04 bits per heavy atom. The fourth-order valence-corrected chi connectivity index (χ4v) is 1.99. The van der Waals surface area contributed by atoms with Crippen LogP contribution in [0.1, 0.15) is 41.5 Å². The third-order valence-electron chi connectivity index (χ3n) is 3.24. The number of anilines is 2. The van der Waals surface area contributed by atoms with E-state index in [9.17, 15) is 9.59 Å². The minimum absolute atomic E-state index is 0.184. The normalized spacial score (nSPS) is 11.3. The van der Waals surface area contributed by atoms with Crippen molar-refractivity contribution in [3.63, 3.8) is 0 Å². The topological polar surface area (TPSA) is 82.3 Å². The number of carbonyl (C=O) groups is 2. The lowest BCUT2D eigenvalue weighted by Gasteiger charge is -2.21. The molecule has 0 saturated carbocycles. The molecule has 0 aromatic heterocycles. The Balaban J connectivity index is 2.79. The molecule has 0 aliphatic heterocycles. The molecule has 26 heavy (non-hydrogen) atoms. The van der Waals surface area contributed by atoms with Gasteiger partial charge in [0.15, 0.2) is 10.2 Å². The molecule has 1 aromatic carbocycles. The highest BCUT2D eigenvalue weighted by atomic mass is 32.1. The van der Waals surface area contributed by atoms with E-state index in [0.29, 0.717) is 11.4 Å². The minimum atomic E-state index is -0.553. The van der Waals surface area contributed by atoms with E-state index in [1.807, 2.05) is 12.1 Å². The number of rotatable bonds is 2. The number of hydrogen-bond donors (Lipinski definition) is 4. The van der Waals surface area contributed by atoms with Crippen LogP contribution in [0.25, 0.3) is 0 Å². The molecule has 6 nitrogen and oxygen atoms in total. The number of amides is 2. The summed E-state index contributed by atoms with van der Waals surface area (Å²) in [7, 11) is 0. The molecule has 0 unspecified atom stereocenters. The van der Waals surface area contributed by atoms with Crippen LogP contribution in [0.2, 0.25) is 0 Å². The first-order valence-electron chi connectivity index (χ1n) is 8.14. The Morgan fingerprint density at radius 1 is 0.731 bits per heavy atom. The number of benzene rings is 1. The van der Waals surface area contributed by atoms with Crippen molar-refractivity contribution in [3.05, 3.63) is 24.3 Å². The monoisotopic (exact) mass is 394 g/mol. The molecule has 0 bridgehead atoms. The molecule has 0 aliphatic carbocycles. The van der Waals surface area contributed by atoms with Gasteiger partial charge < -0.3 is 21.3 Å². The van der Waals surface area contributed by atoms with Crippen LogP contribution in [0, 0.1) is 10.8 Å². The van der Waals surface area contributed by atoms with E-state index < -0.39 is 10.8 Å². The molecule has 0 atom stereocenters. The van der Waals surface area contributed by atoms with Crippen molar-refractivity contribution in [3.8, 4) is 0 Å². The number of nitrogens with one attached hydrogen (secondary N) is 4. The average Bonchev–Trinajstić information content (AvgIpc) is 2.47. The molecule has 0 spiro atoms. The molecular formula is C18H26N4O2S2. The Morgan fingerprint density at radius 3 is 1.31 bits per heavy atom. The van der Waals surface area contributed by atoms with E-state index in [-0.39, 0.29) is 22.0 Å². The third-order valence-corrected chi connectivity index (χ3v) is 3.65. The molecular weight excluding hydrogens is 368 g/mol. The predicted octanol–water partition coefficient (Wildman–Crippen LogP) is 3.40. The third kappa shape index (κ3) is 7.05. The van der Waals surface area contributed by atoms with E-state index in [1.165, 1.54) is 0 Å². The summed E-state index contributed by atoms with van der Waals surface area (Å²) in [6.07, 6.45) is 0. The molecule has 4 N–H and O–H groups in total. The van der Waals surface area contributed by atoms with Gasteiger partial charge in [0.25, 0.3) is 0 Å². The first kappa shape index (κ1) is 22.0. The molecule has 0 fully saturated rings. The number of hydrogen-bond acceptors (Lipinski definition) is 4. The molecule has 1 aromatic rings. The summed E-state index contributed by atoms with van der Waals surface area (Å²) < 4.78 is 0. The average molecular weight is 395 g/mol. The molecule has 2 amide bonds. The van der Waals surface area contributed by atoms with Gasteiger partial charge in [-0.2, -0.15) is 0 Å². The summed E-state index contributed by atoms with van der Waals surface area (Å²) in [4.78, 5) is 24.0. The lowest BCUT2D eigenvalue weighted by Crippen LogP contribution is -2.42. The fourth-order valence-electron chi connectivity index (χ4n) is 1.59. The van der Waals surface area contributed by atoms with Gasteiger partial charge in [-0.1, -0.05) is 53.7 Å². The number of thiocarbonyl (C=S) groups is 2. The molecule has 1 rings (SSSR count). The maximum Gasteiger partial charge on any atom is 0.231 e. The summed E-state index contributed by atoms with van der Waals surface area (Å²) in [5, 5.41) is 11.6. The van der Waals surface area contributed by atoms with E-state index in [2.05, 4.69) is 21.3 Å². The van der Waals surface area contributed by atoms with E-state index in [0.717, 1.165) is 0 Å². The molecule has 0 saturated heterocycles. The van der Waals surface area contributed by atoms with Gasteiger partial charge in [-0.25, -0.2) is 0 Å². The first-order valence-corrected chi connectivity index (χ1v) is 8.96. The van der Waals surface area contributed by atoms with Gasteiger partial charge in [0.2, 0.25) is 11.8 Å². The van der Waals surface area contributed by atoms with Crippen molar-refractivity contribution in [2.75, 3.05) is 10.6 Å². The van der Waals surface area contributed by atoms with Gasteiger partial charge in [-0.05, 0) is 36.6 Å².